The third-order valence-electron chi connectivity index (χ3n) is 5.65. The van der Waals surface area contributed by atoms with Crippen LogP contribution in [0.2, 0.25) is 0 Å². The summed E-state index contributed by atoms with van der Waals surface area (Å²) in [6.07, 6.45) is 3.67. The Balaban J connectivity index is 1.28. The molecular weight excluding hydrogens is 435 g/mol. The predicted molar refractivity (Wildman–Crippen MR) is 127 cm³/mol. The molecule has 6 nitrogen and oxygen atoms in total. The van der Waals surface area contributed by atoms with Gasteiger partial charge in [-0.3, -0.25) is 0 Å². The van der Waals surface area contributed by atoms with Gasteiger partial charge in [0.05, 0.1) is 37.1 Å². The predicted octanol–water partition coefficient (Wildman–Crippen LogP) is 5.46. The van der Waals surface area contributed by atoms with Gasteiger partial charge in [0.15, 0.2) is 11.6 Å². The van der Waals surface area contributed by atoms with E-state index in [-0.39, 0.29) is 11.9 Å². The third kappa shape index (κ3) is 4.32. The summed E-state index contributed by atoms with van der Waals surface area (Å²) >= 11 is 0. The fraction of sp³-hybridized carbons (Fsp3) is 0.148. The molecule has 7 heteroatoms. The van der Waals surface area contributed by atoms with Crippen LogP contribution in [0.4, 0.5) is 10.1 Å². The summed E-state index contributed by atoms with van der Waals surface area (Å²) in [6.45, 7) is 1.20. The molecule has 1 saturated heterocycles. The highest BCUT2D eigenvalue weighted by molar-refractivity contribution is 5.96. The van der Waals surface area contributed by atoms with Gasteiger partial charge in [0.2, 0.25) is 0 Å². The minimum atomic E-state index is -0.488. The van der Waals surface area contributed by atoms with E-state index < -0.39 is 11.8 Å². The van der Waals surface area contributed by atoms with Crippen LogP contribution in [0.3, 0.4) is 0 Å². The van der Waals surface area contributed by atoms with Crippen LogP contribution in [0.5, 0.6) is 17.2 Å². The zero-order chi connectivity index (χ0) is 23.5. The number of halogens is 1. The molecule has 0 aliphatic carbocycles. The summed E-state index contributed by atoms with van der Waals surface area (Å²) in [4.78, 5) is 14.5. The molecular formula is C27H23FN2O4. The van der Waals surface area contributed by atoms with Crippen LogP contribution in [0.25, 0.3) is 5.69 Å². The molecule has 0 amide bonds. The molecule has 0 N–H and O–H groups in total. The Labute approximate surface area is 196 Å². The van der Waals surface area contributed by atoms with E-state index in [0.717, 1.165) is 11.4 Å². The molecule has 0 spiro atoms. The largest absolute Gasteiger partial charge is 0.487 e. The van der Waals surface area contributed by atoms with Gasteiger partial charge in [0.1, 0.15) is 17.6 Å². The Bertz CT molecular complexity index is 1290. The summed E-state index contributed by atoms with van der Waals surface area (Å²) in [5.41, 5.74) is 2.14. The van der Waals surface area contributed by atoms with Crippen LogP contribution in [0.15, 0.2) is 91.3 Å². The van der Waals surface area contributed by atoms with Crippen molar-refractivity contribution in [2.24, 2.45) is 0 Å². The van der Waals surface area contributed by atoms with Crippen LogP contribution < -0.4 is 14.4 Å². The molecule has 2 heterocycles. The fourth-order valence-electron chi connectivity index (χ4n) is 3.97. The number of esters is 1. The molecule has 1 fully saturated rings. The first-order valence-corrected chi connectivity index (χ1v) is 10.9. The topological polar surface area (TPSA) is 52.9 Å². The van der Waals surface area contributed by atoms with Gasteiger partial charge >= 0.3 is 5.97 Å². The van der Waals surface area contributed by atoms with Gasteiger partial charge in [0.25, 0.3) is 0 Å². The normalized spacial score (nSPS) is 13.3. The zero-order valence-electron chi connectivity index (χ0n) is 18.6. The van der Waals surface area contributed by atoms with Crippen molar-refractivity contribution in [1.82, 2.24) is 4.57 Å². The van der Waals surface area contributed by atoms with Crippen molar-refractivity contribution in [1.29, 1.82) is 0 Å². The van der Waals surface area contributed by atoms with Gasteiger partial charge in [-0.15, -0.1) is 0 Å². The van der Waals surface area contributed by atoms with E-state index in [9.17, 15) is 9.18 Å². The number of hydrogen-bond acceptors (Lipinski definition) is 5. The monoisotopic (exact) mass is 458 g/mol. The maximum atomic E-state index is 14.6. The Kier molecular flexibility index (Phi) is 5.91. The highest BCUT2D eigenvalue weighted by Crippen LogP contribution is 2.34. The lowest BCUT2D eigenvalue weighted by molar-refractivity contribution is 0.0600. The summed E-state index contributed by atoms with van der Waals surface area (Å²) < 4.78 is 33.0. The minimum absolute atomic E-state index is 0.111. The quantitative estimate of drug-likeness (QED) is 0.344. The minimum Gasteiger partial charge on any atom is -0.487 e. The maximum Gasteiger partial charge on any atom is 0.340 e. The number of hydrogen-bond donors (Lipinski definition) is 0. The lowest BCUT2D eigenvalue weighted by Crippen LogP contribution is -2.54. The first-order valence-electron chi connectivity index (χ1n) is 10.9. The van der Waals surface area contributed by atoms with E-state index in [1.165, 1.54) is 13.2 Å². The number of carbonyl (C=O) groups excluding carboxylic acids is 1. The molecule has 0 atom stereocenters. The molecule has 3 aromatic carbocycles. The van der Waals surface area contributed by atoms with Crippen molar-refractivity contribution in [3.63, 3.8) is 0 Å². The maximum absolute atomic E-state index is 14.6. The van der Waals surface area contributed by atoms with E-state index in [1.54, 1.807) is 30.3 Å². The van der Waals surface area contributed by atoms with Gasteiger partial charge in [0, 0.05) is 18.5 Å². The van der Waals surface area contributed by atoms with E-state index in [0.29, 0.717) is 30.2 Å². The average molecular weight is 458 g/mol. The number of nitrogens with zero attached hydrogens (tertiary/aromatic N) is 2. The van der Waals surface area contributed by atoms with Crippen molar-refractivity contribution in [3.05, 3.63) is 103 Å². The van der Waals surface area contributed by atoms with Crippen molar-refractivity contribution in [2.45, 2.75) is 6.10 Å². The first kappa shape index (κ1) is 21.6. The summed E-state index contributed by atoms with van der Waals surface area (Å²) in [5.74, 6) is 0.268. The lowest BCUT2D eigenvalue weighted by Gasteiger charge is -2.41. The van der Waals surface area contributed by atoms with E-state index in [4.69, 9.17) is 14.2 Å². The molecule has 1 aliphatic rings. The van der Waals surface area contributed by atoms with E-state index in [1.807, 2.05) is 59.4 Å². The molecule has 172 valence electrons. The molecule has 0 unspecified atom stereocenters. The van der Waals surface area contributed by atoms with Gasteiger partial charge < -0.3 is 23.7 Å². The summed E-state index contributed by atoms with van der Waals surface area (Å²) in [5, 5.41) is 0. The van der Waals surface area contributed by atoms with Crippen LogP contribution in [-0.4, -0.2) is 36.8 Å². The first-order chi connectivity index (χ1) is 16.6. The molecule has 5 rings (SSSR count). The third-order valence-corrected chi connectivity index (χ3v) is 5.65. The number of para-hydroxylation sites is 2. The number of ether oxygens (including phenoxy) is 3. The highest BCUT2D eigenvalue weighted by Gasteiger charge is 2.32. The highest BCUT2D eigenvalue weighted by atomic mass is 19.1. The Morgan fingerprint density at radius 2 is 1.68 bits per heavy atom. The van der Waals surface area contributed by atoms with Gasteiger partial charge in [-0.2, -0.15) is 0 Å². The number of anilines is 1. The van der Waals surface area contributed by atoms with Crippen LogP contribution in [0, 0.1) is 5.82 Å². The molecule has 1 aliphatic heterocycles. The van der Waals surface area contributed by atoms with Gasteiger partial charge in [-0.1, -0.05) is 24.3 Å². The second kappa shape index (κ2) is 9.31. The van der Waals surface area contributed by atoms with Crippen molar-refractivity contribution >= 4 is 11.7 Å². The Morgan fingerprint density at radius 3 is 2.38 bits per heavy atom. The van der Waals surface area contributed by atoms with E-state index >= 15 is 0 Å². The smallest absolute Gasteiger partial charge is 0.340 e. The molecule has 34 heavy (non-hydrogen) atoms. The Morgan fingerprint density at radius 1 is 0.912 bits per heavy atom. The SMILES string of the molecule is COC(=O)c1cccc(N2CC(Oc3ccc(Oc4ccccc4)c(F)c3)C2)c1-n1cccc1. The van der Waals surface area contributed by atoms with Crippen molar-refractivity contribution < 1.29 is 23.4 Å². The number of carbonyl (C=O) groups is 1. The number of aromatic nitrogens is 1. The van der Waals surface area contributed by atoms with Crippen LogP contribution in [0.1, 0.15) is 10.4 Å². The van der Waals surface area contributed by atoms with Gasteiger partial charge in [-0.25, -0.2) is 9.18 Å². The van der Waals surface area contributed by atoms with Crippen molar-refractivity contribution in [3.8, 4) is 22.9 Å². The average Bonchev–Trinajstić information content (AvgIpc) is 3.37. The molecule has 1 aromatic heterocycles. The lowest BCUT2D eigenvalue weighted by atomic mass is 10.1. The number of methoxy groups -OCH3 is 1. The molecule has 4 aromatic rings. The standard InChI is InChI=1S/C27H23FN2O4/c1-32-27(31)22-10-7-11-24(26(22)29-14-5-6-15-29)30-17-21(18-30)33-20-12-13-25(23(28)16-20)34-19-8-3-2-4-9-19/h2-16,21H,17-18H2,1H3. The summed E-state index contributed by atoms with van der Waals surface area (Å²) in [7, 11) is 1.37. The number of rotatable bonds is 7. The number of benzene rings is 3. The van der Waals surface area contributed by atoms with Crippen molar-refractivity contribution in [2.75, 3.05) is 25.1 Å². The fourth-order valence-corrected chi connectivity index (χ4v) is 3.97. The second-order valence-corrected chi connectivity index (χ2v) is 7.91. The van der Waals surface area contributed by atoms with Gasteiger partial charge in [-0.05, 0) is 48.5 Å². The zero-order valence-corrected chi connectivity index (χ0v) is 18.6. The van der Waals surface area contributed by atoms with Crippen LogP contribution in [-0.2, 0) is 4.74 Å². The van der Waals surface area contributed by atoms with E-state index in [2.05, 4.69) is 4.90 Å². The summed E-state index contributed by atoms with van der Waals surface area (Å²) in [6, 6.07) is 23.0. The Hall–Kier alpha value is -4.26. The molecule has 0 bridgehead atoms. The molecule has 0 radical (unpaired) electrons. The van der Waals surface area contributed by atoms with Crippen LogP contribution >= 0.6 is 0 Å². The molecule has 0 saturated carbocycles. The second-order valence-electron chi connectivity index (χ2n) is 7.91.